The van der Waals surface area contributed by atoms with Gasteiger partial charge in [-0.3, -0.25) is 9.59 Å². The summed E-state index contributed by atoms with van der Waals surface area (Å²) in [5.74, 6) is 0.0651. The molecule has 0 amide bonds. The summed E-state index contributed by atoms with van der Waals surface area (Å²) in [5, 5.41) is 7.27. The van der Waals surface area contributed by atoms with E-state index in [0.717, 1.165) is 51.8 Å². The second-order valence-corrected chi connectivity index (χ2v) is 10.4. The van der Waals surface area contributed by atoms with Gasteiger partial charge in [0.15, 0.2) is 17.0 Å². The highest BCUT2D eigenvalue weighted by atomic mass is 19.4. The Balaban J connectivity index is 1.54. The largest absolute Gasteiger partial charge is 0.413 e. The van der Waals surface area contributed by atoms with Crippen LogP contribution in [0.25, 0.3) is 16.9 Å². The Morgan fingerprint density at radius 1 is 1.02 bits per heavy atom. The molecule has 0 unspecified atom stereocenters. The second kappa shape index (κ2) is 10.5. The van der Waals surface area contributed by atoms with E-state index >= 15 is 0 Å². The van der Waals surface area contributed by atoms with E-state index in [1.165, 1.54) is 27.7 Å². The molecule has 1 aliphatic heterocycles. The molecule has 1 aliphatic rings. The van der Waals surface area contributed by atoms with Crippen LogP contribution in [0.5, 0.6) is 0 Å². The number of rotatable bonds is 7. The topological polar surface area (TPSA) is 106 Å². The van der Waals surface area contributed by atoms with E-state index in [1.54, 1.807) is 0 Å². The highest BCUT2D eigenvalue weighted by Crippen LogP contribution is 2.34. The first-order valence-electron chi connectivity index (χ1n) is 13.0. The average Bonchev–Trinajstić information content (AvgIpc) is 3.20. The van der Waals surface area contributed by atoms with Crippen molar-refractivity contribution in [2.24, 2.45) is 0 Å². The van der Waals surface area contributed by atoms with Gasteiger partial charge in [0.05, 0.1) is 6.54 Å². The van der Waals surface area contributed by atoms with Crippen LogP contribution in [0, 0.1) is 0 Å². The summed E-state index contributed by atoms with van der Waals surface area (Å²) < 4.78 is 44.2. The summed E-state index contributed by atoms with van der Waals surface area (Å²) in [7, 11) is 2.10. The Morgan fingerprint density at radius 3 is 2.34 bits per heavy atom. The molecule has 4 aromatic rings. The van der Waals surface area contributed by atoms with Gasteiger partial charge in [-0.1, -0.05) is 6.08 Å². The predicted octanol–water partition coefficient (Wildman–Crippen LogP) is 3.12. The molecule has 41 heavy (non-hydrogen) atoms. The van der Waals surface area contributed by atoms with Gasteiger partial charge in [-0.25, -0.2) is 19.0 Å². The highest BCUT2D eigenvalue weighted by molar-refractivity contribution is 5.77. The second-order valence-electron chi connectivity index (χ2n) is 10.4. The summed E-state index contributed by atoms with van der Waals surface area (Å²) in [6.45, 7) is 9.24. The molecule has 0 aliphatic carbocycles. The lowest BCUT2D eigenvalue weighted by molar-refractivity contribution is -0.207. The van der Waals surface area contributed by atoms with Crippen molar-refractivity contribution in [3.05, 3.63) is 76.0 Å². The molecular weight excluding hydrogens is 539 g/mol. The first-order chi connectivity index (χ1) is 19.4. The van der Waals surface area contributed by atoms with E-state index in [4.69, 9.17) is 0 Å². The number of hydrogen-bond donors (Lipinski definition) is 1. The average molecular weight is 570 g/mol. The number of alkyl halides is 3. The van der Waals surface area contributed by atoms with Gasteiger partial charge in [-0.05, 0) is 51.2 Å². The van der Waals surface area contributed by atoms with Crippen molar-refractivity contribution in [2.45, 2.75) is 32.1 Å². The van der Waals surface area contributed by atoms with E-state index in [0.29, 0.717) is 10.4 Å². The number of benzene rings is 1. The highest BCUT2D eigenvalue weighted by Gasteiger charge is 2.50. The lowest BCUT2D eigenvalue weighted by atomic mass is 10.1. The molecule has 1 fully saturated rings. The fourth-order valence-electron chi connectivity index (χ4n) is 4.59. The third kappa shape index (κ3) is 5.22. The lowest BCUT2D eigenvalue weighted by Gasteiger charge is -2.34. The van der Waals surface area contributed by atoms with Crippen LogP contribution in [-0.2, 0) is 12.1 Å². The van der Waals surface area contributed by atoms with Crippen molar-refractivity contribution in [1.29, 1.82) is 0 Å². The molecule has 0 radical (unpaired) electrons. The number of nitrogens with one attached hydrogen (secondary N) is 1. The van der Waals surface area contributed by atoms with Crippen LogP contribution in [0.2, 0.25) is 0 Å². The third-order valence-electron chi connectivity index (χ3n) is 7.20. The summed E-state index contributed by atoms with van der Waals surface area (Å²) >= 11 is 0. The van der Waals surface area contributed by atoms with Gasteiger partial charge in [-0.2, -0.15) is 18.2 Å². The van der Waals surface area contributed by atoms with Crippen LogP contribution in [-0.4, -0.2) is 73.4 Å². The van der Waals surface area contributed by atoms with Crippen LogP contribution in [0.4, 0.5) is 30.5 Å². The Hall–Kier alpha value is -4.46. The predicted molar refractivity (Wildman–Crippen MR) is 150 cm³/mol. The first-order valence-corrected chi connectivity index (χ1v) is 13.0. The minimum absolute atomic E-state index is 0.00911. The maximum Gasteiger partial charge on any atom is 0.413 e. The maximum absolute atomic E-state index is 13.8. The zero-order chi connectivity index (χ0) is 29.5. The fourth-order valence-corrected chi connectivity index (χ4v) is 4.59. The fraction of sp³-hybridized carbons (Fsp3) is 0.370. The van der Waals surface area contributed by atoms with Gasteiger partial charge in [0.2, 0.25) is 5.95 Å². The molecule has 5 rings (SSSR count). The summed E-state index contributed by atoms with van der Waals surface area (Å²) in [6.07, 6.45) is -1.96. The molecule has 1 saturated heterocycles. The Morgan fingerprint density at radius 2 is 1.71 bits per heavy atom. The van der Waals surface area contributed by atoms with Crippen LogP contribution < -0.4 is 21.3 Å². The number of halogens is 3. The molecular formula is C27H30F3N9O2. The zero-order valence-corrected chi connectivity index (χ0v) is 22.9. The number of likely N-dealkylation sites (N-methyl/N-ethyl adjacent to an activating group) is 1. The number of aromatic nitrogens is 6. The smallest absolute Gasteiger partial charge is 0.369 e. The zero-order valence-electron chi connectivity index (χ0n) is 22.9. The van der Waals surface area contributed by atoms with Crippen molar-refractivity contribution in [1.82, 2.24) is 34.0 Å². The van der Waals surface area contributed by atoms with Crippen LogP contribution in [0.1, 0.15) is 13.8 Å². The quantitative estimate of drug-likeness (QED) is 0.339. The van der Waals surface area contributed by atoms with Gasteiger partial charge in [0, 0.05) is 49.8 Å². The summed E-state index contributed by atoms with van der Waals surface area (Å²) in [5.41, 5.74) is -2.13. The number of allylic oxidation sites excluding steroid dienone is 1. The van der Waals surface area contributed by atoms with E-state index in [9.17, 15) is 22.8 Å². The van der Waals surface area contributed by atoms with Gasteiger partial charge in [0.1, 0.15) is 5.39 Å². The Bertz CT molecular complexity index is 1700. The van der Waals surface area contributed by atoms with E-state index in [-0.39, 0.29) is 29.3 Å². The van der Waals surface area contributed by atoms with Crippen molar-refractivity contribution < 1.29 is 13.2 Å². The van der Waals surface area contributed by atoms with Crippen LogP contribution in [0.15, 0.2) is 64.8 Å². The number of hydrogen-bond acceptors (Lipinski definition) is 8. The number of piperazine rings is 1. The molecule has 14 heteroatoms. The standard InChI is InChI=1S/C27H30F3N9O2/c1-5-12-37-24(41)20-17-31-25(32-18-6-8-19(9-7-18)36-15-13-35(4)14-16-36)33-23(20)38(37)21-10-11-22(40)39(34-21)26(2,3)27(28,29)30/h5-11,17H,1,12-16H2,2-4H3,(H,31,32,33). The molecule has 3 aromatic heterocycles. The van der Waals surface area contributed by atoms with Gasteiger partial charge >= 0.3 is 6.18 Å². The maximum atomic E-state index is 13.8. The van der Waals surface area contributed by atoms with Crippen molar-refractivity contribution >= 4 is 28.4 Å². The SMILES string of the molecule is C=CCn1c(=O)c2cnc(Nc3ccc(N4CCN(C)CC4)cc3)nc2n1-c1ccc(=O)n(C(C)(C)C(F)(F)F)n1. The minimum Gasteiger partial charge on any atom is -0.369 e. The normalized spacial score (nSPS) is 14.9. The molecule has 11 nitrogen and oxygen atoms in total. The molecule has 0 spiro atoms. The van der Waals surface area contributed by atoms with Crippen LogP contribution in [0.3, 0.4) is 0 Å². The van der Waals surface area contributed by atoms with E-state index < -0.39 is 22.8 Å². The lowest BCUT2D eigenvalue weighted by Crippen LogP contribution is -2.49. The molecule has 1 aromatic carbocycles. The van der Waals surface area contributed by atoms with Crippen molar-refractivity contribution in [3.63, 3.8) is 0 Å². The van der Waals surface area contributed by atoms with Crippen molar-refractivity contribution in [2.75, 3.05) is 43.4 Å². The van der Waals surface area contributed by atoms with Gasteiger partial charge in [0.25, 0.3) is 11.1 Å². The molecule has 0 atom stereocenters. The van der Waals surface area contributed by atoms with Crippen LogP contribution >= 0.6 is 0 Å². The number of fused-ring (bicyclic) bond motifs is 1. The molecule has 0 saturated carbocycles. The van der Waals surface area contributed by atoms with Crippen molar-refractivity contribution in [3.8, 4) is 5.82 Å². The monoisotopic (exact) mass is 569 g/mol. The van der Waals surface area contributed by atoms with E-state index in [1.807, 2.05) is 24.3 Å². The summed E-state index contributed by atoms with van der Waals surface area (Å²) in [6, 6.07) is 10.0. The number of nitrogens with zero attached hydrogens (tertiary/aromatic N) is 8. The molecule has 216 valence electrons. The molecule has 0 bridgehead atoms. The Kier molecular flexibility index (Phi) is 7.19. The molecule has 4 heterocycles. The Labute approximate surface area is 233 Å². The van der Waals surface area contributed by atoms with E-state index in [2.05, 4.69) is 43.8 Å². The van der Waals surface area contributed by atoms with Gasteiger partial charge in [-0.15, -0.1) is 11.7 Å². The van der Waals surface area contributed by atoms with Gasteiger partial charge < -0.3 is 15.1 Å². The molecule has 1 N–H and O–H groups in total. The third-order valence-corrected chi connectivity index (χ3v) is 7.20. The minimum atomic E-state index is -4.76. The summed E-state index contributed by atoms with van der Waals surface area (Å²) in [4.78, 5) is 39.0. The number of anilines is 3. The first kappa shape index (κ1) is 28.1.